The van der Waals surface area contributed by atoms with Gasteiger partial charge in [-0.3, -0.25) is 4.79 Å². The number of aliphatic hydroxyl groups excluding tert-OH is 1. The molecular formula is C18H20N2O2. The van der Waals surface area contributed by atoms with E-state index < -0.39 is 6.04 Å². The van der Waals surface area contributed by atoms with Gasteiger partial charge in [0.15, 0.2) is 0 Å². The van der Waals surface area contributed by atoms with E-state index in [0.717, 1.165) is 22.5 Å². The second-order valence-corrected chi connectivity index (χ2v) is 5.66. The molecule has 2 aromatic carbocycles. The van der Waals surface area contributed by atoms with Gasteiger partial charge in [-0.15, -0.1) is 0 Å². The van der Waals surface area contributed by atoms with Crippen molar-refractivity contribution >= 4 is 17.3 Å². The minimum atomic E-state index is -0.414. The number of benzene rings is 2. The molecule has 0 bridgehead atoms. The lowest BCUT2D eigenvalue weighted by Gasteiger charge is -2.36. The van der Waals surface area contributed by atoms with Crippen molar-refractivity contribution in [1.82, 2.24) is 0 Å². The lowest BCUT2D eigenvalue weighted by atomic mass is 9.99. The number of nitrogens with zero attached hydrogens (tertiary/aromatic N) is 1. The highest BCUT2D eigenvalue weighted by Gasteiger charge is 2.33. The molecule has 22 heavy (non-hydrogen) atoms. The molecule has 0 fully saturated rings. The summed E-state index contributed by atoms with van der Waals surface area (Å²) in [6, 6.07) is 13.3. The van der Waals surface area contributed by atoms with Crippen LogP contribution in [0.25, 0.3) is 0 Å². The number of carbonyl (C=O) groups excluding carboxylic acids is 1. The van der Waals surface area contributed by atoms with E-state index in [0.29, 0.717) is 6.54 Å². The quantitative estimate of drug-likeness (QED) is 0.915. The van der Waals surface area contributed by atoms with E-state index in [9.17, 15) is 9.90 Å². The van der Waals surface area contributed by atoms with Crippen LogP contribution in [0.2, 0.25) is 0 Å². The van der Waals surface area contributed by atoms with Gasteiger partial charge in [0, 0.05) is 6.54 Å². The van der Waals surface area contributed by atoms with Gasteiger partial charge in [0.2, 0.25) is 0 Å². The van der Waals surface area contributed by atoms with Crippen LogP contribution in [-0.2, 0) is 4.79 Å². The number of amides is 1. The van der Waals surface area contributed by atoms with E-state index in [4.69, 9.17) is 0 Å². The summed E-state index contributed by atoms with van der Waals surface area (Å²) in [4.78, 5) is 14.5. The Kier molecular flexibility index (Phi) is 3.86. The maximum atomic E-state index is 12.8. The van der Waals surface area contributed by atoms with Crippen LogP contribution in [0.5, 0.6) is 0 Å². The average molecular weight is 296 g/mol. The van der Waals surface area contributed by atoms with E-state index in [-0.39, 0.29) is 12.5 Å². The lowest BCUT2D eigenvalue weighted by Crippen LogP contribution is -2.43. The van der Waals surface area contributed by atoms with E-state index in [1.54, 1.807) is 4.90 Å². The summed E-state index contributed by atoms with van der Waals surface area (Å²) >= 11 is 0. The number of aryl methyl sites for hydroxylation is 2. The Balaban J connectivity index is 2.08. The maximum Gasteiger partial charge on any atom is 0.254 e. The van der Waals surface area contributed by atoms with Crippen molar-refractivity contribution in [2.75, 3.05) is 23.4 Å². The van der Waals surface area contributed by atoms with Crippen LogP contribution in [0, 0.1) is 13.8 Å². The highest BCUT2D eigenvalue weighted by Crippen LogP contribution is 2.38. The zero-order valence-electron chi connectivity index (χ0n) is 12.8. The van der Waals surface area contributed by atoms with Crippen LogP contribution in [0.15, 0.2) is 42.5 Å². The molecule has 1 aliphatic rings. The number of anilines is 2. The van der Waals surface area contributed by atoms with Crippen LogP contribution >= 0.6 is 0 Å². The van der Waals surface area contributed by atoms with E-state index in [1.165, 1.54) is 5.56 Å². The van der Waals surface area contributed by atoms with Crippen molar-refractivity contribution in [3.8, 4) is 0 Å². The summed E-state index contributed by atoms with van der Waals surface area (Å²) in [5.74, 6) is -0.0315. The van der Waals surface area contributed by atoms with E-state index in [2.05, 4.69) is 18.3 Å². The molecule has 0 radical (unpaired) electrons. The fourth-order valence-electron chi connectivity index (χ4n) is 2.83. The summed E-state index contributed by atoms with van der Waals surface area (Å²) in [6.07, 6.45) is 0. The van der Waals surface area contributed by atoms with Crippen molar-refractivity contribution in [2.24, 2.45) is 0 Å². The Morgan fingerprint density at radius 2 is 1.82 bits per heavy atom. The van der Waals surface area contributed by atoms with Crippen molar-refractivity contribution in [3.05, 3.63) is 59.2 Å². The normalized spacial score (nSPS) is 17.1. The summed E-state index contributed by atoms with van der Waals surface area (Å²) in [5.41, 5.74) is 5.02. The van der Waals surface area contributed by atoms with Gasteiger partial charge in [0.25, 0.3) is 5.91 Å². The monoisotopic (exact) mass is 296 g/mol. The Morgan fingerprint density at radius 1 is 1.14 bits per heavy atom. The highest BCUT2D eigenvalue weighted by atomic mass is 16.3. The maximum absolute atomic E-state index is 12.8. The molecule has 1 heterocycles. The SMILES string of the molecule is Cc1cc2c(cc1C)N(CCO)C(=O)C(c1ccccc1)N2. The molecule has 1 aliphatic heterocycles. The molecule has 2 aromatic rings. The first-order valence-corrected chi connectivity index (χ1v) is 7.47. The molecular weight excluding hydrogens is 276 g/mol. The number of rotatable bonds is 3. The smallest absolute Gasteiger partial charge is 0.254 e. The van der Waals surface area contributed by atoms with Gasteiger partial charge < -0.3 is 15.3 Å². The van der Waals surface area contributed by atoms with E-state index in [1.807, 2.05) is 43.3 Å². The van der Waals surface area contributed by atoms with Crippen LogP contribution in [-0.4, -0.2) is 24.2 Å². The second-order valence-electron chi connectivity index (χ2n) is 5.66. The Bertz CT molecular complexity index is 698. The molecule has 1 unspecified atom stereocenters. The van der Waals surface area contributed by atoms with Crippen LogP contribution in [0.1, 0.15) is 22.7 Å². The second kappa shape index (κ2) is 5.81. The Morgan fingerprint density at radius 3 is 2.50 bits per heavy atom. The molecule has 0 aliphatic carbocycles. The van der Waals surface area contributed by atoms with Crippen LogP contribution in [0.3, 0.4) is 0 Å². The van der Waals surface area contributed by atoms with Gasteiger partial charge in [0.05, 0.1) is 18.0 Å². The predicted molar refractivity (Wildman–Crippen MR) is 88.2 cm³/mol. The fourth-order valence-corrected chi connectivity index (χ4v) is 2.83. The molecule has 3 rings (SSSR count). The number of hydrogen-bond acceptors (Lipinski definition) is 3. The van der Waals surface area contributed by atoms with Gasteiger partial charge in [0.1, 0.15) is 6.04 Å². The predicted octanol–water partition coefficient (Wildman–Crippen LogP) is 2.80. The first-order valence-electron chi connectivity index (χ1n) is 7.47. The standard InChI is InChI=1S/C18H20N2O2/c1-12-10-15-16(11-13(12)2)20(8-9-21)18(22)17(19-15)14-6-4-3-5-7-14/h3-7,10-11,17,19,21H,8-9H2,1-2H3. The van der Waals surface area contributed by atoms with Gasteiger partial charge >= 0.3 is 0 Å². The number of β-amino-alcohol motifs (C(OH)–C–C–N with tert-alkyl or cyclic N) is 1. The largest absolute Gasteiger partial charge is 0.395 e. The molecule has 0 spiro atoms. The molecule has 0 aromatic heterocycles. The lowest BCUT2D eigenvalue weighted by molar-refractivity contribution is -0.119. The third-order valence-corrected chi connectivity index (χ3v) is 4.17. The number of aliphatic hydroxyl groups is 1. The number of carbonyl (C=O) groups is 1. The third kappa shape index (κ3) is 2.46. The summed E-state index contributed by atoms with van der Waals surface area (Å²) in [5, 5.41) is 12.7. The Hall–Kier alpha value is -2.33. The summed E-state index contributed by atoms with van der Waals surface area (Å²) < 4.78 is 0. The molecule has 4 nitrogen and oxygen atoms in total. The zero-order chi connectivity index (χ0) is 15.7. The average Bonchev–Trinajstić information content (AvgIpc) is 2.53. The van der Waals surface area contributed by atoms with Crippen molar-refractivity contribution < 1.29 is 9.90 Å². The number of fused-ring (bicyclic) bond motifs is 1. The first kappa shape index (κ1) is 14.6. The molecule has 1 amide bonds. The molecule has 114 valence electrons. The van der Waals surface area contributed by atoms with Crippen LogP contribution < -0.4 is 10.2 Å². The first-order chi connectivity index (χ1) is 10.6. The molecule has 2 N–H and O–H groups in total. The highest BCUT2D eigenvalue weighted by molar-refractivity contribution is 6.05. The number of nitrogens with one attached hydrogen (secondary N) is 1. The molecule has 0 saturated heterocycles. The topological polar surface area (TPSA) is 52.6 Å². The van der Waals surface area contributed by atoms with Gasteiger partial charge in [-0.1, -0.05) is 30.3 Å². The number of hydrogen-bond donors (Lipinski definition) is 2. The molecule has 1 atom stereocenters. The van der Waals surface area contributed by atoms with Crippen molar-refractivity contribution in [3.63, 3.8) is 0 Å². The van der Waals surface area contributed by atoms with Gasteiger partial charge in [-0.05, 0) is 42.7 Å². The molecule has 4 heteroatoms. The van der Waals surface area contributed by atoms with Crippen molar-refractivity contribution in [2.45, 2.75) is 19.9 Å². The summed E-state index contributed by atoms with van der Waals surface area (Å²) in [6.45, 7) is 4.33. The summed E-state index contributed by atoms with van der Waals surface area (Å²) in [7, 11) is 0. The van der Waals surface area contributed by atoms with E-state index >= 15 is 0 Å². The molecule has 0 saturated carbocycles. The van der Waals surface area contributed by atoms with Crippen molar-refractivity contribution in [1.29, 1.82) is 0 Å². The van der Waals surface area contributed by atoms with Gasteiger partial charge in [-0.25, -0.2) is 0 Å². The zero-order valence-corrected chi connectivity index (χ0v) is 12.8. The van der Waals surface area contributed by atoms with Gasteiger partial charge in [-0.2, -0.15) is 0 Å². The van der Waals surface area contributed by atoms with Crippen LogP contribution in [0.4, 0.5) is 11.4 Å². The minimum Gasteiger partial charge on any atom is -0.395 e. The minimum absolute atomic E-state index is 0.0315. The third-order valence-electron chi connectivity index (χ3n) is 4.17. The Labute approximate surface area is 130 Å². The fraction of sp³-hybridized carbons (Fsp3) is 0.278.